The molecule has 0 bridgehead atoms. The van der Waals surface area contributed by atoms with Crippen molar-refractivity contribution in [3.63, 3.8) is 0 Å². The van der Waals surface area contributed by atoms with Gasteiger partial charge >= 0.3 is 11.8 Å². The van der Waals surface area contributed by atoms with Crippen LogP contribution in [0.15, 0.2) is 36.5 Å². The molecule has 2 aromatic rings. The Balaban J connectivity index is 1.77. The Morgan fingerprint density at radius 3 is 2.59 bits per heavy atom. The molecule has 1 aliphatic rings. The van der Waals surface area contributed by atoms with Crippen LogP contribution in [0.2, 0.25) is 0 Å². The third-order valence-corrected chi connectivity index (χ3v) is 4.76. The maximum atomic E-state index is 13.5. The highest BCUT2D eigenvalue weighted by atomic mass is 19.1. The molecule has 152 valence electrons. The molecule has 0 radical (unpaired) electrons. The molecule has 0 N–H and O–H groups in total. The number of nitrogens with zero attached hydrogens (tertiary/aromatic N) is 3. The lowest BCUT2D eigenvalue weighted by atomic mass is 10.1. The Morgan fingerprint density at radius 2 is 1.97 bits per heavy atom. The van der Waals surface area contributed by atoms with Crippen molar-refractivity contribution in [2.75, 3.05) is 13.1 Å². The number of aromatic nitrogens is 1. The van der Waals surface area contributed by atoms with Gasteiger partial charge in [-0.1, -0.05) is 12.1 Å². The Hall–Kier alpha value is -3.36. The molecule has 1 saturated heterocycles. The van der Waals surface area contributed by atoms with Gasteiger partial charge in [0.25, 0.3) is 0 Å². The quantitative estimate of drug-likeness (QED) is 0.411. The van der Waals surface area contributed by atoms with Crippen LogP contribution < -0.4 is 0 Å². The summed E-state index contributed by atoms with van der Waals surface area (Å²) in [7, 11) is 0. The van der Waals surface area contributed by atoms with Gasteiger partial charge in [-0.15, -0.1) is 0 Å². The minimum absolute atomic E-state index is 0.0338. The topological polar surface area (TPSA) is 103 Å². The highest BCUT2D eigenvalue weighted by Gasteiger charge is 2.24. The monoisotopic (exact) mass is 401 g/mol. The van der Waals surface area contributed by atoms with Crippen LogP contribution >= 0.6 is 0 Å². The summed E-state index contributed by atoms with van der Waals surface area (Å²) < 4.78 is 19.0. The van der Waals surface area contributed by atoms with Crippen LogP contribution in [0.3, 0.4) is 0 Å². The number of halogens is 1. The van der Waals surface area contributed by atoms with E-state index in [1.807, 2.05) is 0 Å². The summed E-state index contributed by atoms with van der Waals surface area (Å²) in [6.07, 6.45) is 3.69. The van der Waals surface area contributed by atoms with Crippen LogP contribution in [0.5, 0.6) is 0 Å². The van der Waals surface area contributed by atoms with E-state index in [-0.39, 0.29) is 6.42 Å². The van der Waals surface area contributed by atoms with E-state index >= 15 is 0 Å². The van der Waals surface area contributed by atoms with Gasteiger partial charge in [0.15, 0.2) is 6.10 Å². The highest BCUT2D eigenvalue weighted by Crippen LogP contribution is 2.28. The van der Waals surface area contributed by atoms with Gasteiger partial charge in [-0.05, 0) is 37.0 Å². The van der Waals surface area contributed by atoms with E-state index in [0.717, 1.165) is 31.4 Å². The smallest absolute Gasteiger partial charge is 0.410 e. The summed E-state index contributed by atoms with van der Waals surface area (Å²) >= 11 is 0. The second-order valence-corrected chi connectivity index (χ2v) is 6.72. The normalized spacial score (nSPS) is 14.9. The first-order chi connectivity index (χ1) is 14.0. The van der Waals surface area contributed by atoms with Gasteiger partial charge in [-0.25, -0.2) is 4.79 Å². The second kappa shape index (κ2) is 9.22. The first-order valence-corrected chi connectivity index (χ1v) is 9.29. The van der Waals surface area contributed by atoms with E-state index in [2.05, 4.69) is 4.98 Å². The molecule has 9 heteroatoms. The van der Waals surface area contributed by atoms with E-state index in [1.54, 1.807) is 17.0 Å². The van der Waals surface area contributed by atoms with E-state index in [0.29, 0.717) is 36.2 Å². The molecular formula is C20H20FN3O5. The second-order valence-electron chi connectivity index (χ2n) is 6.72. The molecule has 3 rings (SSSR count). The van der Waals surface area contributed by atoms with Crippen molar-refractivity contribution in [3.8, 4) is 11.1 Å². The number of nitro benzene ring substituents is 1. The number of hydrogen-bond donors (Lipinski definition) is 0. The summed E-state index contributed by atoms with van der Waals surface area (Å²) in [5.74, 6) is -0.918. The maximum Gasteiger partial charge on any atom is 0.410 e. The van der Waals surface area contributed by atoms with Crippen molar-refractivity contribution in [1.29, 1.82) is 0 Å². The lowest BCUT2D eigenvalue weighted by molar-refractivity contribution is -0.387. The highest BCUT2D eigenvalue weighted by molar-refractivity contribution is 5.69. The van der Waals surface area contributed by atoms with Crippen LogP contribution in [0.25, 0.3) is 11.1 Å². The van der Waals surface area contributed by atoms with E-state index < -0.39 is 28.6 Å². The van der Waals surface area contributed by atoms with Crippen LogP contribution in [0, 0.1) is 15.9 Å². The number of piperidine rings is 1. The molecule has 2 heterocycles. The van der Waals surface area contributed by atoms with Gasteiger partial charge in [0.05, 0.1) is 10.6 Å². The van der Waals surface area contributed by atoms with Crippen LogP contribution in [0.1, 0.15) is 37.5 Å². The molecule has 1 fully saturated rings. The van der Waals surface area contributed by atoms with Crippen molar-refractivity contribution >= 4 is 18.1 Å². The molecule has 0 spiro atoms. The summed E-state index contributed by atoms with van der Waals surface area (Å²) in [5.41, 5.74) is 0.724. The fourth-order valence-corrected chi connectivity index (χ4v) is 3.19. The predicted octanol–water partition coefficient (Wildman–Crippen LogP) is 4.05. The minimum atomic E-state index is -0.918. The zero-order valence-corrected chi connectivity index (χ0v) is 15.6. The maximum absolute atomic E-state index is 13.5. The fraction of sp³-hybridized carbons (Fsp3) is 0.350. The van der Waals surface area contributed by atoms with Crippen molar-refractivity contribution < 1.29 is 23.6 Å². The third kappa shape index (κ3) is 4.92. The molecule has 1 atom stereocenters. The van der Waals surface area contributed by atoms with E-state index in [1.165, 1.54) is 12.3 Å². The first-order valence-electron chi connectivity index (χ1n) is 9.29. The zero-order chi connectivity index (χ0) is 20.8. The van der Waals surface area contributed by atoms with Crippen molar-refractivity contribution in [2.45, 2.75) is 31.8 Å². The molecule has 0 aliphatic carbocycles. The van der Waals surface area contributed by atoms with Gasteiger partial charge in [0.1, 0.15) is 6.29 Å². The van der Waals surface area contributed by atoms with Gasteiger partial charge in [-0.3, -0.25) is 15.1 Å². The van der Waals surface area contributed by atoms with E-state index in [4.69, 9.17) is 4.74 Å². The zero-order valence-electron chi connectivity index (χ0n) is 15.6. The van der Waals surface area contributed by atoms with Gasteiger partial charge in [-0.2, -0.15) is 4.39 Å². The number of ether oxygens (including phenoxy) is 1. The molecule has 1 aliphatic heterocycles. The van der Waals surface area contributed by atoms with Crippen molar-refractivity contribution in [3.05, 3.63) is 58.2 Å². The summed E-state index contributed by atoms with van der Waals surface area (Å²) in [4.78, 5) is 39.4. The number of nitro groups is 1. The predicted molar refractivity (Wildman–Crippen MR) is 102 cm³/mol. The SMILES string of the molecule is O=CCC(OC(=O)N1CCCCC1)c1ccc(-c2ccc(F)c([N+](=O)[O-])c2)cn1. The number of likely N-dealkylation sites (tertiary alicyclic amines) is 1. The fourth-order valence-electron chi connectivity index (χ4n) is 3.19. The number of hydrogen-bond acceptors (Lipinski definition) is 6. The van der Waals surface area contributed by atoms with Crippen molar-refractivity contribution in [2.24, 2.45) is 0 Å². The number of amides is 1. The lowest BCUT2D eigenvalue weighted by Gasteiger charge is -2.27. The number of aldehydes is 1. The molecular weight excluding hydrogens is 381 g/mol. The average molecular weight is 401 g/mol. The molecule has 8 nitrogen and oxygen atoms in total. The van der Waals surface area contributed by atoms with Gasteiger partial charge in [0, 0.05) is 37.3 Å². The van der Waals surface area contributed by atoms with Crippen molar-refractivity contribution in [1.82, 2.24) is 9.88 Å². The van der Waals surface area contributed by atoms with Gasteiger partial charge in [0.2, 0.25) is 5.82 Å². The molecule has 29 heavy (non-hydrogen) atoms. The summed E-state index contributed by atoms with van der Waals surface area (Å²) in [6, 6.07) is 6.79. The van der Waals surface area contributed by atoms with Crippen LogP contribution in [0.4, 0.5) is 14.9 Å². The number of carbonyl (C=O) groups excluding carboxylic acids is 2. The number of carbonyl (C=O) groups is 2. The molecule has 1 aromatic carbocycles. The first kappa shape index (κ1) is 20.4. The number of pyridine rings is 1. The van der Waals surface area contributed by atoms with Gasteiger partial charge < -0.3 is 14.4 Å². The Labute approximate surface area is 166 Å². The minimum Gasteiger partial charge on any atom is -0.439 e. The molecule has 1 aromatic heterocycles. The third-order valence-electron chi connectivity index (χ3n) is 4.76. The van der Waals surface area contributed by atoms with Crippen LogP contribution in [-0.2, 0) is 9.53 Å². The average Bonchev–Trinajstić information content (AvgIpc) is 2.74. The molecule has 1 unspecified atom stereocenters. The number of benzene rings is 1. The lowest BCUT2D eigenvalue weighted by Crippen LogP contribution is -2.36. The molecule has 1 amide bonds. The largest absolute Gasteiger partial charge is 0.439 e. The standard InChI is InChI=1S/C20H20FN3O5/c21-16-6-4-14(12-18(16)24(27)28)15-5-7-17(22-13-15)19(8-11-25)29-20(26)23-9-2-1-3-10-23/h4-7,11-13,19H,1-3,8-10H2. The Morgan fingerprint density at radius 1 is 1.24 bits per heavy atom. The summed E-state index contributed by atoms with van der Waals surface area (Å²) in [5, 5.41) is 10.9. The van der Waals surface area contributed by atoms with E-state index in [9.17, 15) is 24.1 Å². The Kier molecular flexibility index (Phi) is 6.48. The summed E-state index contributed by atoms with van der Waals surface area (Å²) in [6.45, 7) is 1.25. The Bertz CT molecular complexity index is 897. The molecule has 0 saturated carbocycles. The van der Waals surface area contributed by atoms with Crippen LogP contribution in [-0.4, -0.2) is 40.3 Å². The number of rotatable bonds is 6.